The van der Waals surface area contributed by atoms with Gasteiger partial charge in [-0.2, -0.15) is 0 Å². The van der Waals surface area contributed by atoms with Gasteiger partial charge >= 0.3 is 5.97 Å². The third-order valence-electron chi connectivity index (χ3n) is 14.3. The van der Waals surface area contributed by atoms with Crippen LogP contribution < -0.4 is 5.73 Å². The number of fused-ring (bicyclic) bond motifs is 3. The number of aliphatic hydroxyl groups is 3. The van der Waals surface area contributed by atoms with Crippen molar-refractivity contribution in [2.75, 3.05) is 27.9 Å². The molecule has 0 spiro atoms. The maximum atomic E-state index is 14.3. The van der Waals surface area contributed by atoms with E-state index >= 15 is 0 Å². The van der Waals surface area contributed by atoms with Crippen molar-refractivity contribution >= 4 is 23.4 Å². The fourth-order valence-corrected chi connectivity index (χ4v) is 10.1. The van der Waals surface area contributed by atoms with Crippen LogP contribution in [0.5, 0.6) is 0 Å². The third kappa shape index (κ3) is 14.2. The van der Waals surface area contributed by atoms with Crippen molar-refractivity contribution in [3.8, 4) is 0 Å². The number of methoxy groups -OCH3 is 3. The quantitative estimate of drug-likeness (QED) is 0.144. The fraction of sp³-hybridized carbons (Fsp3) is 0.760. The number of nitrogens with zero attached hydrogens (tertiary/aromatic N) is 1. The van der Waals surface area contributed by atoms with E-state index in [4.69, 9.17) is 29.4 Å². The minimum Gasteiger partial charge on any atom is -0.459 e. The summed E-state index contributed by atoms with van der Waals surface area (Å²) in [6, 6.07) is -1.65. The summed E-state index contributed by atoms with van der Waals surface area (Å²) in [6.45, 7) is 11.1. The molecule has 3 fully saturated rings. The molecule has 1 unspecified atom stereocenters. The number of hydrogen-bond acceptors (Lipinski definition) is 13. The van der Waals surface area contributed by atoms with Gasteiger partial charge in [-0.25, -0.2) is 4.79 Å². The van der Waals surface area contributed by atoms with Gasteiger partial charge in [-0.15, -0.1) is 0 Å². The van der Waals surface area contributed by atoms with Crippen LogP contribution in [-0.4, -0.2) is 132 Å². The average molecular weight is 901 g/mol. The normalized spacial score (nSPS) is 39.5. The molecule has 3 aliphatic heterocycles. The Bertz CT molecular complexity index is 1680. The number of nitrogens with two attached hydrogens (primary N) is 1. The summed E-state index contributed by atoms with van der Waals surface area (Å²) in [6.07, 6.45) is 13.5. The van der Waals surface area contributed by atoms with Crippen LogP contribution in [0.2, 0.25) is 0 Å². The molecule has 5 N–H and O–H groups in total. The first-order chi connectivity index (χ1) is 30.3. The molecule has 1 amide bonds. The van der Waals surface area contributed by atoms with Crippen LogP contribution in [0, 0.1) is 29.6 Å². The van der Waals surface area contributed by atoms with Crippen molar-refractivity contribution in [1.29, 1.82) is 0 Å². The number of piperidine rings is 1. The highest BCUT2D eigenvalue weighted by molar-refractivity contribution is 6.39. The van der Waals surface area contributed by atoms with Crippen LogP contribution in [0.3, 0.4) is 0 Å². The molecule has 0 aromatic heterocycles. The van der Waals surface area contributed by atoms with Crippen LogP contribution in [-0.2, 0) is 42.9 Å². The molecule has 14 heteroatoms. The molecule has 0 radical (unpaired) electrons. The minimum absolute atomic E-state index is 0.00702. The van der Waals surface area contributed by atoms with Crippen molar-refractivity contribution in [3.63, 3.8) is 0 Å². The molecule has 64 heavy (non-hydrogen) atoms. The minimum atomic E-state index is -2.40. The first-order valence-corrected chi connectivity index (χ1v) is 23.7. The molecule has 15 atom stereocenters. The Morgan fingerprint density at radius 1 is 0.797 bits per heavy atom. The SMILES string of the molecule is CO[C@H]1C[C@@H]2CC[C@@H](C)[C@@](O)(O2)C(=O)C(=O)N2CCCC[C@H]2C(=O)O[C@H]([C@H](N)CC2CC[C@@H](OC)[C@H](OC)C2)CC[C@H](C)/C=C(\C)[C@@H](O)[C@@H](O)C(=O)[C@H](C)C[C@H](C)/C=C/C=CC=C1C. The summed E-state index contributed by atoms with van der Waals surface area (Å²) >= 11 is 0. The second-order valence-electron chi connectivity index (χ2n) is 19.4. The number of ketones is 2. The molecule has 3 heterocycles. The van der Waals surface area contributed by atoms with E-state index in [2.05, 4.69) is 0 Å². The van der Waals surface area contributed by atoms with Gasteiger partial charge in [0.05, 0.1) is 24.4 Å². The Morgan fingerprint density at radius 2 is 1.52 bits per heavy atom. The largest absolute Gasteiger partial charge is 0.459 e. The standard InChI is InChI=1S/C50H80N2O12/c1-30-15-11-10-12-16-32(3)42(61-8)29-37-21-19-35(6)50(59,64-37)47(56)48(57)52-24-14-13-17-39(52)49(58)63-40(38(51)27-36-20-23-41(60-7)43(28-36)62-9)22-18-31(2)26-34(5)45(54)46(55)44(53)33(4)25-30/h10-12,15-16,26,30-31,33,35-43,45-46,54-55,59H,13-14,17-25,27-29,51H2,1-9H3/b12-10?,15-11+,32-16?,34-26+/t30-,31+,33-,35-,36?,37+,38-,39+,40+,41-,42+,43-,45-,46+,50-/m1/s1. The van der Waals surface area contributed by atoms with E-state index in [1.165, 1.54) is 4.90 Å². The van der Waals surface area contributed by atoms with Gasteiger partial charge in [0.15, 0.2) is 5.78 Å². The summed E-state index contributed by atoms with van der Waals surface area (Å²) in [5.41, 5.74) is 8.28. The van der Waals surface area contributed by atoms with E-state index in [0.717, 1.165) is 24.8 Å². The van der Waals surface area contributed by atoms with Crippen LogP contribution in [0.1, 0.15) is 125 Å². The van der Waals surface area contributed by atoms with Gasteiger partial charge < -0.3 is 49.6 Å². The first-order valence-electron chi connectivity index (χ1n) is 23.7. The summed E-state index contributed by atoms with van der Waals surface area (Å²) < 4.78 is 29.7. The molecule has 2 saturated heterocycles. The molecule has 362 valence electrons. The van der Waals surface area contributed by atoms with Gasteiger partial charge in [0.25, 0.3) is 11.7 Å². The molecule has 4 rings (SSSR count). The van der Waals surface area contributed by atoms with E-state index in [1.54, 1.807) is 42.1 Å². The Balaban J connectivity index is 1.66. The lowest BCUT2D eigenvalue weighted by Gasteiger charge is -2.42. The lowest BCUT2D eigenvalue weighted by Crippen LogP contribution is -2.61. The number of cyclic esters (lactones) is 1. The topological polar surface area (TPSA) is 204 Å². The predicted molar refractivity (Wildman–Crippen MR) is 244 cm³/mol. The molecule has 4 aliphatic rings. The number of amides is 1. The van der Waals surface area contributed by atoms with E-state index in [9.17, 15) is 34.5 Å². The van der Waals surface area contributed by atoms with E-state index in [1.807, 2.05) is 57.2 Å². The van der Waals surface area contributed by atoms with E-state index in [0.29, 0.717) is 63.4 Å². The zero-order valence-corrected chi connectivity index (χ0v) is 40.0. The number of carbonyl (C=O) groups excluding carboxylic acids is 4. The van der Waals surface area contributed by atoms with E-state index < -0.39 is 83.7 Å². The summed E-state index contributed by atoms with van der Waals surface area (Å²) in [4.78, 5) is 57.3. The number of allylic oxidation sites excluding steroid dienone is 6. The van der Waals surface area contributed by atoms with Crippen molar-refractivity contribution in [2.24, 2.45) is 35.3 Å². The second-order valence-corrected chi connectivity index (χ2v) is 19.4. The van der Waals surface area contributed by atoms with Gasteiger partial charge in [-0.3, -0.25) is 14.4 Å². The highest BCUT2D eigenvalue weighted by atomic mass is 16.6. The van der Waals surface area contributed by atoms with Crippen molar-refractivity contribution in [2.45, 2.75) is 186 Å². The number of rotatable bonds is 6. The number of aliphatic hydroxyl groups excluding tert-OH is 2. The zero-order chi connectivity index (χ0) is 47.3. The van der Waals surface area contributed by atoms with Crippen LogP contribution >= 0.6 is 0 Å². The van der Waals surface area contributed by atoms with Crippen molar-refractivity contribution < 1.29 is 58.2 Å². The molecule has 1 saturated carbocycles. The van der Waals surface area contributed by atoms with Crippen LogP contribution in [0.15, 0.2) is 47.6 Å². The maximum absolute atomic E-state index is 14.3. The lowest BCUT2D eigenvalue weighted by atomic mass is 9.80. The maximum Gasteiger partial charge on any atom is 0.329 e. The number of carbonyl (C=O) groups is 4. The van der Waals surface area contributed by atoms with Crippen molar-refractivity contribution in [3.05, 3.63) is 47.6 Å². The molecule has 1 aliphatic carbocycles. The highest BCUT2D eigenvalue weighted by Gasteiger charge is 2.53. The van der Waals surface area contributed by atoms with Crippen LogP contribution in [0.25, 0.3) is 0 Å². The molecule has 0 aromatic carbocycles. The molecular weight excluding hydrogens is 821 g/mol. The Labute approximate surface area is 382 Å². The summed E-state index contributed by atoms with van der Waals surface area (Å²) in [7, 11) is 4.93. The van der Waals surface area contributed by atoms with E-state index in [-0.39, 0.29) is 42.9 Å². The van der Waals surface area contributed by atoms with Gasteiger partial charge in [-0.1, -0.05) is 64.2 Å². The Hall–Kier alpha value is -3.08. The number of esters is 1. The second kappa shape index (κ2) is 25.2. The lowest BCUT2D eigenvalue weighted by molar-refractivity contribution is -0.265. The smallest absolute Gasteiger partial charge is 0.329 e. The zero-order valence-electron chi connectivity index (χ0n) is 40.0. The van der Waals surface area contributed by atoms with Crippen molar-refractivity contribution in [1.82, 2.24) is 4.90 Å². The first kappa shape index (κ1) is 53.5. The molecule has 0 aromatic rings. The molecule has 14 nitrogen and oxygen atoms in total. The number of ether oxygens (including phenoxy) is 5. The predicted octanol–water partition coefficient (Wildman–Crippen LogP) is 5.69. The number of Topliss-reactive ketones (excluding diaryl/α,β-unsaturated/α-hetero) is 2. The average Bonchev–Trinajstić information content (AvgIpc) is 3.28. The van der Waals surface area contributed by atoms with Gasteiger partial charge in [-0.05, 0) is 120 Å². The third-order valence-corrected chi connectivity index (χ3v) is 14.3. The Morgan fingerprint density at radius 3 is 2.20 bits per heavy atom. The van der Waals surface area contributed by atoms with Gasteiger partial charge in [0, 0.05) is 52.2 Å². The van der Waals surface area contributed by atoms with Gasteiger partial charge in [0.2, 0.25) is 5.79 Å². The Kier molecular flexibility index (Phi) is 21.0. The highest BCUT2D eigenvalue weighted by Crippen LogP contribution is 2.37. The molecule has 2 bridgehead atoms. The summed E-state index contributed by atoms with van der Waals surface area (Å²) in [5, 5.41) is 34.1. The monoisotopic (exact) mass is 901 g/mol. The molecular formula is C50H80N2O12. The summed E-state index contributed by atoms with van der Waals surface area (Å²) in [5.74, 6) is -6.76. The van der Waals surface area contributed by atoms with Crippen LogP contribution in [0.4, 0.5) is 0 Å². The fourth-order valence-electron chi connectivity index (χ4n) is 10.1. The number of hydrogen-bond donors (Lipinski definition) is 4. The van der Waals surface area contributed by atoms with Gasteiger partial charge in [0.1, 0.15) is 24.4 Å².